The monoisotopic (exact) mass is 363 g/mol. The van der Waals surface area contributed by atoms with Gasteiger partial charge in [0.05, 0.1) is 11.9 Å². The molecule has 0 unspecified atom stereocenters. The number of carbonyl (C=O) groups excluding carboxylic acids is 2. The van der Waals surface area contributed by atoms with Gasteiger partial charge in [-0.3, -0.25) is 14.7 Å². The number of anilines is 1. The highest BCUT2D eigenvalue weighted by molar-refractivity contribution is 6.04. The Kier molecular flexibility index (Phi) is 4.50. The van der Waals surface area contributed by atoms with Crippen LogP contribution in [0.4, 0.5) is 5.69 Å². The average Bonchev–Trinajstić information content (AvgIpc) is 3.13. The largest absolute Gasteiger partial charge is 0.398 e. The second kappa shape index (κ2) is 7.11. The van der Waals surface area contributed by atoms with E-state index < -0.39 is 0 Å². The van der Waals surface area contributed by atoms with Crippen molar-refractivity contribution in [1.29, 1.82) is 0 Å². The smallest absolute Gasteiger partial charge is 0.275 e. The number of amides is 2. The van der Waals surface area contributed by atoms with Crippen LogP contribution in [0.1, 0.15) is 16.1 Å². The Labute approximate surface area is 156 Å². The first-order valence-electron chi connectivity index (χ1n) is 8.97. The van der Waals surface area contributed by atoms with Crippen molar-refractivity contribution in [2.24, 2.45) is 0 Å². The highest BCUT2D eigenvalue weighted by Crippen LogP contribution is 2.18. The van der Waals surface area contributed by atoms with E-state index in [1.165, 1.54) is 0 Å². The van der Waals surface area contributed by atoms with Crippen LogP contribution in [0.2, 0.25) is 0 Å². The zero-order chi connectivity index (χ0) is 18.8. The average molecular weight is 363 g/mol. The standard InChI is InChI=1S/C20H21N5O2/c21-16-7-3-1-5-14(16)13-18(26)24-9-11-25(12-10-24)20(27)19-15-6-2-4-8-17(15)22-23-19/h1-8H,9-13,21H2,(H,22,23). The van der Waals surface area contributed by atoms with Crippen LogP contribution in [0.25, 0.3) is 10.9 Å². The number of fused-ring (bicyclic) bond motifs is 1. The Balaban J connectivity index is 1.39. The lowest BCUT2D eigenvalue weighted by molar-refractivity contribution is -0.131. The van der Waals surface area contributed by atoms with E-state index in [0.717, 1.165) is 16.5 Å². The number of nitrogens with zero attached hydrogens (tertiary/aromatic N) is 3. The number of nitrogens with two attached hydrogens (primary N) is 1. The van der Waals surface area contributed by atoms with E-state index in [4.69, 9.17) is 5.73 Å². The molecule has 0 spiro atoms. The summed E-state index contributed by atoms with van der Waals surface area (Å²) in [4.78, 5) is 28.9. The van der Waals surface area contributed by atoms with Crippen molar-refractivity contribution in [3.05, 3.63) is 59.8 Å². The van der Waals surface area contributed by atoms with E-state index in [-0.39, 0.29) is 18.2 Å². The van der Waals surface area contributed by atoms with E-state index in [2.05, 4.69) is 10.2 Å². The van der Waals surface area contributed by atoms with Crippen molar-refractivity contribution >= 4 is 28.4 Å². The van der Waals surface area contributed by atoms with Gasteiger partial charge in [0, 0.05) is 37.3 Å². The van der Waals surface area contributed by atoms with Crippen LogP contribution in [0, 0.1) is 0 Å². The molecular weight excluding hydrogens is 342 g/mol. The van der Waals surface area contributed by atoms with Gasteiger partial charge in [-0.25, -0.2) is 0 Å². The number of carbonyl (C=O) groups is 2. The van der Waals surface area contributed by atoms with Crippen LogP contribution in [0.5, 0.6) is 0 Å². The highest BCUT2D eigenvalue weighted by Gasteiger charge is 2.27. The number of piperazine rings is 1. The van der Waals surface area contributed by atoms with Crippen molar-refractivity contribution in [3.8, 4) is 0 Å². The van der Waals surface area contributed by atoms with E-state index >= 15 is 0 Å². The third kappa shape index (κ3) is 3.36. The Morgan fingerprint density at radius 3 is 2.41 bits per heavy atom. The lowest BCUT2D eigenvalue weighted by atomic mass is 10.1. The molecule has 0 atom stereocenters. The first kappa shape index (κ1) is 17.1. The Hall–Kier alpha value is -3.35. The maximum atomic E-state index is 12.8. The summed E-state index contributed by atoms with van der Waals surface area (Å²) in [6.45, 7) is 2.02. The number of para-hydroxylation sites is 2. The highest BCUT2D eigenvalue weighted by atomic mass is 16.2. The molecule has 1 saturated heterocycles. The molecule has 1 fully saturated rings. The molecule has 3 N–H and O–H groups in total. The second-order valence-corrected chi connectivity index (χ2v) is 6.67. The molecule has 138 valence electrons. The molecule has 0 radical (unpaired) electrons. The molecule has 2 heterocycles. The zero-order valence-corrected chi connectivity index (χ0v) is 14.9. The number of hydrogen-bond donors (Lipinski definition) is 2. The van der Waals surface area contributed by atoms with Crippen molar-refractivity contribution in [3.63, 3.8) is 0 Å². The molecule has 27 heavy (non-hydrogen) atoms. The first-order valence-corrected chi connectivity index (χ1v) is 8.97. The predicted molar refractivity (Wildman–Crippen MR) is 103 cm³/mol. The van der Waals surface area contributed by atoms with Crippen LogP contribution in [0.15, 0.2) is 48.5 Å². The number of nitrogens with one attached hydrogen (secondary N) is 1. The molecule has 1 aromatic heterocycles. The molecule has 1 aliphatic heterocycles. The number of benzene rings is 2. The molecule has 0 saturated carbocycles. The Morgan fingerprint density at radius 2 is 1.63 bits per heavy atom. The molecular formula is C20H21N5O2. The van der Waals surface area contributed by atoms with Gasteiger partial charge in [0.2, 0.25) is 5.91 Å². The molecule has 3 aromatic rings. The van der Waals surface area contributed by atoms with Crippen LogP contribution in [0.3, 0.4) is 0 Å². The first-order chi connectivity index (χ1) is 13.1. The number of aromatic nitrogens is 2. The van der Waals surface area contributed by atoms with Crippen molar-refractivity contribution in [1.82, 2.24) is 20.0 Å². The molecule has 2 amide bonds. The Bertz CT molecular complexity index is 989. The van der Waals surface area contributed by atoms with Gasteiger partial charge in [0.15, 0.2) is 5.69 Å². The molecule has 0 bridgehead atoms. The summed E-state index contributed by atoms with van der Waals surface area (Å²) in [5.74, 6) is -0.0722. The van der Waals surface area contributed by atoms with Crippen molar-refractivity contribution < 1.29 is 9.59 Å². The summed E-state index contributed by atoms with van der Waals surface area (Å²) in [5, 5.41) is 7.89. The number of hydrogen-bond acceptors (Lipinski definition) is 4. The lowest BCUT2D eigenvalue weighted by Gasteiger charge is -2.34. The van der Waals surface area contributed by atoms with Crippen LogP contribution in [-0.2, 0) is 11.2 Å². The summed E-state index contributed by atoms with van der Waals surface area (Å²) < 4.78 is 0. The molecule has 2 aromatic carbocycles. The molecule has 7 heteroatoms. The zero-order valence-electron chi connectivity index (χ0n) is 14.9. The minimum Gasteiger partial charge on any atom is -0.398 e. The third-order valence-corrected chi connectivity index (χ3v) is 4.99. The predicted octanol–water partition coefficient (Wildman–Crippen LogP) is 1.67. The normalized spacial score (nSPS) is 14.5. The topological polar surface area (TPSA) is 95.3 Å². The number of aromatic amines is 1. The third-order valence-electron chi connectivity index (χ3n) is 4.99. The summed E-state index contributed by atoms with van der Waals surface area (Å²) in [6.07, 6.45) is 0.282. The fraction of sp³-hybridized carbons (Fsp3) is 0.250. The number of H-pyrrole nitrogens is 1. The van der Waals surface area contributed by atoms with Gasteiger partial charge in [-0.05, 0) is 17.7 Å². The fourth-order valence-corrected chi connectivity index (χ4v) is 3.41. The SMILES string of the molecule is Nc1ccccc1CC(=O)N1CCN(C(=O)c2n[nH]c3ccccc23)CC1. The summed E-state index contributed by atoms with van der Waals surface area (Å²) in [5.41, 5.74) is 8.67. The quantitative estimate of drug-likeness (QED) is 0.692. The van der Waals surface area contributed by atoms with E-state index in [9.17, 15) is 9.59 Å². The van der Waals surface area contributed by atoms with E-state index in [1.807, 2.05) is 42.5 Å². The van der Waals surface area contributed by atoms with Crippen LogP contribution >= 0.6 is 0 Å². The summed E-state index contributed by atoms with van der Waals surface area (Å²) in [7, 11) is 0. The second-order valence-electron chi connectivity index (χ2n) is 6.67. The van der Waals surface area contributed by atoms with E-state index in [1.54, 1.807) is 15.9 Å². The summed E-state index contributed by atoms with van der Waals surface area (Å²) in [6, 6.07) is 15.0. The van der Waals surface area contributed by atoms with Crippen molar-refractivity contribution in [2.45, 2.75) is 6.42 Å². The van der Waals surface area contributed by atoms with Gasteiger partial charge in [0.1, 0.15) is 0 Å². The fourth-order valence-electron chi connectivity index (χ4n) is 3.41. The number of rotatable bonds is 3. The lowest BCUT2D eigenvalue weighted by Crippen LogP contribution is -2.51. The molecule has 1 aliphatic rings. The Morgan fingerprint density at radius 1 is 0.963 bits per heavy atom. The van der Waals surface area contributed by atoms with Gasteiger partial charge in [0.25, 0.3) is 5.91 Å². The summed E-state index contributed by atoms with van der Waals surface area (Å²) >= 11 is 0. The van der Waals surface area contributed by atoms with Gasteiger partial charge in [-0.15, -0.1) is 0 Å². The van der Waals surface area contributed by atoms with Gasteiger partial charge in [-0.2, -0.15) is 5.10 Å². The number of nitrogen functional groups attached to an aromatic ring is 1. The van der Waals surface area contributed by atoms with Gasteiger partial charge >= 0.3 is 0 Å². The van der Waals surface area contributed by atoms with Gasteiger partial charge in [-0.1, -0.05) is 36.4 Å². The molecule has 7 nitrogen and oxygen atoms in total. The van der Waals surface area contributed by atoms with Crippen LogP contribution in [-0.4, -0.2) is 58.0 Å². The van der Waals surface area contributed by atoms with Gasteiger partial charge < -0.3 is 15.5 Å². The minimum atomic E-state index is -0.105. The maximum Gasteiger partial charge on any atom is 0.275 e. The van der Waals surface area contributed by atoms with Crippen molar-refractivity contribution in [2.75, 3.05) is 31.9 Å². The van der Waals surface area contributed by atoms with E-state index in [0.29, 0.717) is 37.6 Å². The molecule has 0 aliphatic carbocycles. The minimum absolute atomic E-state index is 0.0326. The maximum absolute atomic E-state index is 12.8. The molecule has 4 rings (SSSR count). The van der Waals surface area contributed by atoms with Crippen LogP contribution < -0.4 is 5.73 Å².